The normalized spacial score (nSPS) is 21.2. The number of hydrogen-bond donors (Lipinski definition) is 1. The molecule has 1 aliphatic heterocycles. The van der Waals surface area contributed by atoms with E-state index in [0.29, 0.717) is 0 Å². The standard InChI is InChI=1S/C15H25N3O/c1-14(19)16-7-8-17-9-11-18(12-10-17)13-15-5-3-2-4-6-15/h3,5-6H,2,4,7-13H2,1H3,(H,16,19). The highest BCUT2D eigenvalue weighted by Crippen LogP contribution is 2.12. The van der Waals surface area contributed by atoms with Gasteiger partial charge in [0.1, 0.15) is 0 Å². The molecule has 1 aliphatic carbocycles. The number of nitrogens with one attached hydrogen (secondary N) is 1. The molecule has 0 saturated carbocycles. The van der Waals surface area contributed by atoms with Crippen molar-refractivity contribution in [2.24, 2.45) is 0 Å². The summed E-state index contributed by atoms with van der Waals surface area (Å²) < 4.78 is 0. The number of piperazine rings is 1. The first kappa shape index (κ1) is 14.3. The van der Waals surface area contributed by atoms with E-state index < -0.39 is 0 Å². The summed E-state index contributed by atoms with van der Waals surface area (Å²) in [6, 6.07) is 0. The Hall–Kier alpha value is -1.13. The van der Waals surface area contributed by atoms with Crippen molar-refractivity contribution in [1.29, 1.82) is 0 Å². The number of allylic oxidation sites excluding steroid dienone is 2. The van der Waals surface area contributed by atoms with Crippen LogP contribution < -0.4 is 5.32 Å². The highest BCUT2D eigenvalue weighted by molar-refractivity contribution is 5.72. The molecule has 0 aromatic heterocycles. The molecule has 1 amide bonds. The van der Waals surface area contributed by atoms with Gasteiger partial charge in [0.15, 0.2) is 0 Å². The topological polar surface area (TPSA) is 35.6 Å². The zero-order valence-corrected chi connectivity index (χ0v) is 11.9. The summed E-state index contributed by atoms with van der Waals surface area (Å²) in [7, 11) is 0. The Morgan fingerprint density at radius 2 is 1.95 bits per heavy atom. The second-order valence-electron chi connectivity index (χ2n) is 5.36. The fourth-order valence-electron chi connectivity index (χ4n) is 2.60. The predicted octanol–water partition coefficient (Wildman–Crippen LogP) is 1.02. The van der Waals surface area contributed by atoms with Crippen molar-refractivity contribution in [2.75, 3.05) is 45.8 Å². The van der Waals surface area contributed by atoms with Crippen LogP contribution in [0, 0.1) is 0 Å². The monoisotopic (exact) mass is 263 g/mol. The summed E-state index contributed by atoms with van der Waals surface area (Å²) in [5, 5.41) is 2.86. The van der Waals surface area contributed by atoms with Crippen LogP contribution in [-0.2, 0) is 4.79 Å². The van der Waals surface area contributed by atoms with Crippen LogP contribution in [0.25, 0.3) is 0 Å². The van der Waals surface area contributed by atoms with Gasteiger partial charge in [-0.15, -0.1) is 0 Å². The lowest BCUT2D eigenvalue weighted by Crippen LogP contribution is -2.48. The van der Waals surface area contributed by atoms with E-state index in [2.05, 4.69) is 33.3 Å². The lowest BCUT2D eigenvalue weighted by Gasteiger charge is -2.35. The van der Waals surface area contributed by atoms with Gasteiger partial charge in [0, 0.05) is 52.7 Å². The maximum Gasteiger partial charge on any atom is 0.216 e. The van der Waals surface area contributed by atoms with Crippen LogP contribution in [0.1, 0.15) is 19.8 Å². The maximum atomic E-state index is 10.8. The largest absolute Gasteiger partial charge is 0.355 e. The third kappa shape index (κ3) is 5.17. The molecular formula is C15H25N3O. The first-order chi connectivity index (χ1) is 9.24. The van der Waals surface area contributed by atoms with E-state index in [9.17, 15) is 4.79 Å². The molecule has 0 spiro atoms. The summed E-state index contributed by atoms with van der Waals surface area (Å²) in [6.45, 7) is 8.88. The molecule has 1 N–H and O–H groups in total. The molecule has 19 heavy (non-hydrogen) atoms. The van der Waals surface area contributed by atoms with Gasteiger partial charge in [-0.1, -0.05) is 18.2 Å². The summed E-state index contributed by atoms with van der Waals surface area (Å²) in [5.74, 6) is 0.0645. The smallest absolute Gasteiger partial charge is 0.216 e. The Balaban J connectivity index is 1.63. The van der Waals surface area contributed by atoms with Crippen LogP contribution in [0.4, 0.5) is 0 Å². The van der Waals surface area contributed by atoms with Crippen molar-refractivity contribution in [1.82, 2.24) is 15.1 Å². The molecule has 0 unspecified atom stereocenters. The van der Waals surface area contributed by atoms with E-state index in [1.807, 2.05) is 0 Å². The van der Waals surface area contributed by atoms with Crippen molar-refractivity contribution in [3.05, 3.63) is 23.8 Å². The van der Waals surface area contributed by atoms with Crippen molar-refractivity contribution in [3.63, 3.8) is 0 Å². The zero-order valence-electron chi connectivity index (χ0n) is 11.9. The summed E-state index contributed by atoms with van der Waals surface area (Å²) in [6.07, 6.45) is 9.30. The first-order valence-corrected chi connectivity index (χ1v) is 7.29. The maximum absolute atomic E-state index is 10.8. The third-order valence-corrected chi connectivity index (χ3v) is 3.74. The molecule has 1 saturated heterocycles. The molecule has 0 aromatic carbocycles. The van der Waals surface area contributed by atoms with Crippen molar-refractivity contribution in [2.45, 2.75) is 19.8 Å². The van der Waals surface area contributed by atoms with Gasteiger partial charge in [0.25, 0.3) is 0 Å². The van der Waals surface area contributed by atoms with E-state index in [1.54, 1.807) is 6.92 Å². The van der Waals surface area contributed by atoms with Gasteiger partial charge in [-0.2, -0.15) is 0 Å². The van der Waals surface area contributed by atoms with Gasteiger partial charge in [-0.25, -0.2) is 0 Å². The Kier molecular flexibility index (Phi) is 5.61. The van der Waals surface area contributed by atoms with Crippen LogP contribution in [0.2, 0.25) is 0 Å². The van der Waals surface area contributed by atoms with E-state index in [1.165, 1.54) is 18.4 Å². The number of carbonyl (C=O) groups excluding carboxylic acids is 1. The van der Waals surface area contributed by atoms with E-state index >= 15 is 0 Å². The van der Waals surface area contributed by atoms with Crippen molar-refractivity contribution in [3.8, 4) is 0 Å². The van der Waals surface area contributed by atoms with Crippen molar-refractivity contribution < 1.29 is 4.79 Å². The Morgan fingerprint density at radius 3 is 2.58 bits per heavy atom. The molecule has 0 aromatic rings. The van der Waals surface area contributed by atoms with Gasteiger partial charge in [0.2, 0.25) is 5.91 Å². The third-order valence-electron chi connectivity index (χ3n) is 3.74. The minimum absolute atomic E-state index is 0.0645. The Labute approximate surface area is 116 Å². The van der Waals surface area contributed by atoms with E-state index in [0.717, 1.165) is 45.8 Å². The second kappa shape index (κ2) is 7.46. The van der Waals surface area contributed by atoms with Gasteiger partial charge in [0.05, 0.1) is 0 Å². The minimum atomic E-state index is 0.0645. The SMILES string of the molecule is CC(=O)NCCN1CCN(CC2=CCCC=C2)CC1. The lowest BCUT2D eigenvalue weighted by molar-refractivity contribution is -0.119. The molecule has 4 nitrogen and oxygen atoms in total. The quantitative estimate of drug-likeness (QED) is 0.804. The Bertz CT molecular complexity index is 354. The molecule has 2 rings (SSSR count). The average Bonchev–Trinajstić information content (AvgIpc) is 2.42. The van der Waals surface area contributed by atoms with Gasteiger partial charge < -0.3 is 5.32 Å². The molecule has 1 heterocycles. The second-order valence-corrected chi connectivity index (χ2v) is 5.36. The minimum Gasteiger partial charge on any atom is -0.355 e. The summed E-state index contributed by atoms with van der Waals surface area (Å²) in [5.41, 5.74) is 1.47. The molecule has 4 heteroatoms. The van der Waals surface area contributed by atoms with Gasteiger partial charge in [-0.05, 0) is 18.4 Å². The lowest BCUT2D eigenvalue weighted by atomic mass is 10.1. The molecule has 1 fully saturated rings. The molecule has 0 radical (unpaired) electrons. The summed E-state index contributed by atoms with van der Waals surface area (Å²) >= 11 is 0. The van der Waals surface area contributed by atoms with E-state index in [-0.39, 0.29) is 5.91 Å². The average molecular weight is 263 g/mol. The summed E-state index contributed by atoms with van der Waals surface area (Å²) in [4.78, 5) is 15.8. The fraction of sp³-hybridized carbons (Fsp3) is 0.667. The van der Waals surface area contributed by atoms with Crippen molar-refractivity contribution >= 4 is 5.91 Å². The number of rotatable bonds is 5. The van der Waals surface area contributed by atoms with Gasteiger partial charge in [-0.3, -0.25) is 14.6 Å². The molecule has 0 atom stereocenters. The predicted molar refractivity (Wildman–Crippen MR) is 78.0 cm³/mol. The molecule has 106 valence electrons. The molecule has 0 bridgehead atoms. The molecular weight excluding hydrogens is 238 g/mol. The van der Waals surface area contributed by atoms with Crippen LogP contribution in [0.3, 0.4) is 0 Å². The highest BCUT2D eigenvalue weighted by atomic mass is 16.1. The van der Waals surface area contributed by atoms with Crippen LogP contribution >= 0.6 is 0 Å². The van der Waals surface area contributed by atoms with E-state index in [4.69, 9.17) is 0 Å². The van der Waals surface area contributed by atoms with Crippen LogP contribution in [0.5, 0.6) is 0 Å². The number of amides is 1. The number of hydrogen-bond acceptors (Lipinski definition) is 3. The number of carbonyl (C=O) groups is 1. The van der Waals surface area contributed by atoms with Crippen LogP contribution in [-0.4, -0.2) is 61.5 Å². The number of nitrogens with zero attached hydrogens (tertiary/aromatic N) is 2. The molecule has 2 aliphatic rings. The Morgan fingerprint density at radius 1 is 1.21 bits per heavy atom. The van der Waals surface area contributed by atoms with Crippen LogP contribution in [0.15, 0.2) is 23.8 Å². The first-order valence-electron chi connectivity index (χ1n) is 7.29. The highest BCUT2D eigenvalue weighted by Gasteiger charge is 2.16. The van der Waals surface area contributed by atoms with Gasteiger partial charge >= 0.3 is 0 Å². The fourth-order valence-corrected chi connectivity index (χ4v) is 2.60. The zero-order chi connectivity index (χ0) is 13.5.